The molecule has 3 rings (SSSR count). The molecule has 1 aliphatic carbocycles. The first-order valence-corrected chi connectivity index (χ1v) is 10.4. The molecule has 0 atom stereocenters. The third-order valence-corrected chi connectivity index (χ3v) is 5.94. The van der Waals surface area contributed by atoms with Crippen LogP contribution in [0.15, 0.2) is 10.6 Å². The largest absolute Gasteiger partial charge is 0.359 e. The summed E-state index contributed by atoms with van der Waals surface area (Å²) in [7, 11) is 0. The maximum absolute atomic E-state index is 12.8. The maximum Gasteiger partial charge on any atom is 0.276 e. The molecule has 0 radical (unpaired) electrons. The number of aromatic nitrogens is 1. The van der Waals surface area contributed by atoms with E-state index in [1.54, 1.807) is 0 Å². The first-order valence-electron chi connectivity index (χ1n) is 10.4. The number of carbonyl (C=O) groups is 1. The number of amides is 1. The molecule has 1 aromatic heterocycles. The van der Waals surface area contributed by atoms with Gasteiger partial charge in [0.25, 0.3) is 5.91 Å². The fourth-order valence-electron chi connectivity index (χ4n) is 4.17. The Morgan fingerprint density at radius 1 is 1.15 bits per heavy atom. The van der Waals surface area contributed by atoms with Gasteiger partial charge in [0.05, 0.1) is 6.54 Å². The Kier molecular flexibility index (Phi) is 7.08. The molecule has 2 fully saturated rings. The van der Waals surface area contributed by atoms with Crippen LogP contribution in [0.4, 0.5) is 0 Å². The van der Waals surface area contributed by atoms with Crippen molar-refractivity contribution in [3.8, 4) is 0 Å². The van der Waals surface area contributed by atoms with Crippen molar-refractivity contribution in [1.82, 2.24) is 19.9 Å². The molecule has 0 spiro atoms. The molecule has 1 saturated heterocycles. The van der Waals surface area contributed by atoms with Crippen molar-refractivity contribution < 1.29 is 9.32 Å². The fourth-order valence-corrected chi connectivity index (χ4v) is 4.17. The van der Waals surface area contributed by atoms with Gasteiger partial charge in [0.15, 0.2) is 11.5 Å². The summed E-state index contributed by atoms with van der Waals surface area (Å²) in [4.78, 5) is 19.6. The highest BCUT2D eigenvalue weighted by atomic mass is 16.5. The second-order valence-electron chi connectivity index (χ2n) is 7.74. The Bertz CT molecular complexity index is 560. The summed E-state index contributed by atoms with van der Waals surface area (Å²) in [6, 6.07) is 1.85. The van der Waals surface area contributed by atoms with Crippen molar-refractivity contribution in [1.29, 1.82) is 0 Å². The van der Waals surface area contributed by atoms with E-state index in [1.807, 2.05) is 11.0 Å². The zero-order chi connectivity index (χ0) is 18.4. The van der Waals surface area contributed by atoms with Crippen LogP contribution in [0.2, 0.25) is 0 Å². The highest BCUT2D eigenvalue weighted by Gasteiger charge is 2.24. The molecule has 0 aromatic carbocycles. The number of rotatable bonds is 7. The Balaban J connectivity index is 1.53. The quantitative estimate of drug-likeness (QED) is 0.746. The number of carbonyl (C=O) groups excluding carboxylic acids is 1. The molecule has 1 saturated carbocycles. The Hall–Kier alpha value is -1.40. The minimum absolute atomic E-state index is 0.0175. The van der Waals surface area contributed by atoms with Crippen LogP contribution in [0, 0.1) is 5.92 Å². The van der Waals surface area contributed by atoms with Crippen molar-refractivity contribution >= 4 is 5.91 Å². The van der Waals surface area contributed by atoms with E-state index in [4.69, 9.17) is 4.52 Å². The van der Waals surface area contributed by atoms with Gasteiger partial charge in [0.1, 0.15) is 0 Å². The zero-order valence-electron chi connectivity index (χ0n) is 16.5. The van der Waals surface area contributed by atoms with Gasteiger partial charge in [-0.05, 0) is 32.2 Å². The van der Waals surface area contributed by atoms with Crippen molar-refractivity contribution in [3.63, 3.8) is 0 Å². The summed E-state index contributed by atoms with van der Waals surface area (Å²) in [5.41, 5.74) is 0.463. The fraction of sp³-hybridized carbons (Fsp3) is 0.800. The van der Waals surface area contributed by atoms with E-state index in [0.29, 0.717) is 11.6 Å². The average Bonchev–Trinajstić information content (AvgIpc) is 3.15. The van der Waals surface area contributed by atoms with E-state index in [0.717, 1.165) is 58.1 Å². The number of likely N-dealkylation sites (N-methyl/N-ethyl adjacent to an activating group) is 1. The van der Waals surface area contributed by atoms with Gasteiger partial charge < -0.3 is 14.3 Å². The summed E-state index contributed by atoms with van der Waals surface area (Å²) in [6.07, 6.45) is 6.44. The van der Waals surface area contributed by atoms with Crippen LogP contribution in [0.3, 0.4) is 0 Å². The van der Waals surface area contributed by atoms with Crippen LogP contribution in [0.25, 0.3) is 0 Å². The van der Waals surface area contributed by atoms with Crippen molar-refractivity contribution in [2.75, 3.05) is 45.8 Å². The summed E-state index contributed by atoms with van der Waals surface area (Å²) in [6.45, 7) is 12.0. The van der Waals surface area contributed by atoms with Gasteiger partial charge in [-0.2, -0.15) is 0 Å². The summed E-state index contributed by atoms with van der Waals surface area (Å²) in [5, 5.41) is 4.07. The minimum Gasteiger partial charge on any atom is -0.359 e. The molecule has 1 amide bonds. The predicted octanol–water partition coefficient (Wildman–Crippen LogP) is 2.85. The second-order valence-corrected chi connectivity index (χ2v) is 7.74. The molecule has 26 heavy (non-hydrogen) atoms. The monoisotopic (exact) mass is 362 g/mol. The van der Waals surface area contributed by atoms with Gasteiger partial charge in [-0.25, -0.2) is 0 Å². The lowest BCUT2D eigenvalue weighted by molar-refractivity contribution is 0.0713. The lowest BCUT2D eigenvalue weighted by Gasteiger charge is -2.33. The number of hydrogen-bond acceptors (Lipinski definition) is 5. The highest BCUT2D eigenvalue weighted by Crippen LogP contribution is 2.25. The van der Waals surface area contributed by atoms with Gasteiger partial charge in [-0.1, -0.05) is 31.3 Å². The molecule has 6 nitrogen and oxygen atoms in total. The Labute approximate surface area is 157 Å². The van der Waals surface area contributed by atoms with Crippen LogP contribution in [-0.2, 0) is 6.54 Å². The third kappa shape index (κ3) is 5.07. The van der Waals surface area contributed by atoms with Crippen LogP contribution in [0.5, 0.6) is 0 Å². The molecule has 1 aliphatic heterocycles. The first-order chi connectivity index (χ1) is 12.7. The number of nitrogens with zero attached hydrogens (tertiary/aromatic N) is 4. The Morgan fingerprint density at radius 3 is 2.50 bits per heavy atom. The molecule has 2 heterocycles. The Morgan fingerprint density at radius 2 is 1.85 bits per heavy atom. The van der Waals surface area contributed by atoms with E-state index in [1.165, 1.54) is 32.1 Å². The summed E-state index contributed by atoms with van der Waals surface area (Å²) < 4.78 is 5.47. The SMILES string of the molecule is CCN1CCN(Cc2cc(C(=O)N(CC)CC3CCCCC3)no2)CC1. The van der Waals surface area contributed by atoms with Gasteiger partial charge in [0.2, 0.25) is 0 Å². The minimum atomic E-state index is 0.0175. The van der Waals surface area contributed by atoms with Crippen LogP contribution in [-0.4, -0.2) is 71.6 Å². The van der Waals surface area contributed by atoms with Crippen LogP contribution < -0.4 is 0 Å². The first kappa shape index (κ1) is 19.4. The molecule has 0 bridgehead atoms. The van der Waals surface area contributed by atoms with Crippen LogP contribution >= 0.6 is 0 Å². The molecule has 1 aromatic rings. The molecule has 2 aliphatic rings. The maximum atomic E-state index is 12.8. The van der Waals surface area contributed by atoms with Gasteiger partial charge in [0, 0.05) is 45.3 Å². The normalized spacial score (nSPS) is 20.4. The summed E-state index contributed by atoms with van der Waals surface area (Å²) in [5.74, 6) is 1.46. The van der Waals surface area contributed by atoms with Gasteiger partial charge in [-0.15, -0.1) is 0 Å². The smallest absolute Gasteiger partial charge is 0.276 e. The third-order valence-electron chi connectivity index (χ3n) is 5.94. The van der Waals surface area contributed by atoms with Gasteiger partial charge >= 0.3 is 0 Å². The van der Waals surface area contributed by atoms with E-state index >= 15 is 0 Å². The number of piperazine rings is 1. The van der Waals surface area contributed by atoms with E-state index in [9.17, 15) is 4.79 Å². The lowest BCUT2D eigenvalue weighted by atomic mass is 9.89. The number of hydrogen-bond donors (Lipinski definition) is 0. The van der Waals surface area contributed by atoms with E-state index < -0.39 is 0 Å². The van der Waals surface area contributed by atoms with Gasteiger partial charge in [-0.3, -0.25) is 9.69 Å². The van der Waals surface area contributed by atoms with Crippen LogP contribution in [0.1, 0.15) is 62.2 Å². The van der Waals surface area contributed by atoms with Crippen molar-refractivity contribution in [2.24, 2.45) is 5.92 Å². The molecule has 0 N–H and O–H groups in total. The van der Waals surface area contributed by atoms with Crippen molar-refractivity contribution in [2.45, 2.75) is 52.5 Å². The zero-order valence-corrected chi connectivity index (χ0v) is 16.5. The molecule has 6 heteroatoms. The highest BCUT2D eigenvalue weighted by molar-refractivity contribution is 5.92. The summed E-state index contributed by atoms with van der Waals surface area (Å²) >= 11 is 0. The van der Waals surface area contributed by atoms with E-state index in [-0.39, 0.29) is 5.91 Å². The van der Waals surface area contributed by atoms with E-state index in [2.05, 4.69) is 28.8 Å². The average molecular weight is 363 g/mol. The topological polar surface area (TPSA) is 52.8 Å². The lowest BCUT2D eigenvalue weighted by Crippen LogP contribution is -2.45. The molecular formula is C20H34N4O2. The van der Waals surface area contributed by atoms with Crippen molar-refractivity contribution in [3.05, 3.63) is 17.5 Å². The molecule has 146 valence electrons. The second kappa shape index (κ2) is 9.51. The standard InChI is InChI=1S/C20H34N4O2/c1-3-22-10-12-23(13-11-22)16-18-14-19(21-26-18)20(25)24(4-2)15-17-8-6-5-7-9-17/h14,17H,3-13,15-16H2,1-2H3. The predicted molar refractivity (Wildman–Crippen MR) is 102 cm³/mol. The molecular weight excluding hydrogens is 328 g/mol. The molecule has 0 unspecified atom stereocenters.